The molecule has 7 aromatic rings. The molecule has 4 heteroatoms. The van der Waals surface area contributed by atoms with Crippen LogP contribution in [0.1, 0.15) is 22.6 Å². The van der Waals surface area contributed by atoms with Crippen molar-refractivity contribution in [1.29, 1.82) is 0 Å². The summed E-state index contributed by atoms with van der Waals surface area (Å²) in [6.45, 7) is 0.0764. The highest BCUT2D eigenvalue weighted by Crippen LogP contribution is 2.55. The van der Waals surface area contributed by atoms with Gasteiger partial charge in [0, 0.05) is 42.4 Å². The van der Waals surface area contributed by atoms with Crippen molar-refractivity contribution >= 4 is 63.4 Å². The molecular weight excluding hydrogens is 593 g/mol. The van der Waals surface area contributed by atoms with E-state index < -0.39 is 0 Å². The SMILES string of the molecule is c1ccc(N2B3c4cccc5c4C(Cc4ccccc4-5)c4c3c(cc3ccccc43)-c3cc4c(cc32)Sc2ccccc2S4)cc1. The Morgan fingerprint density at radius 3 is 2.13 bits per heavy atom. The van der Waals surface area contributed by atoms with Crippen LogP contribution < -0.4 is 15.7 Å². The largest absolute Gasteiger partial charge is 0.376 e. The molecule has 0 fully saturated rings. The standard InChI is InChI=1S/C42H26BNS2/c1-2-13-27(14-3-1)44-35-24-39-38(45-36-19-8-9-20-37(36)46-39)23-31(35)32-21-26-12-5-7-16-29(26)41-33-22-25-11-4-6-15-28(25)30-17-10-18-34(40(30)33)43(44)42(32)41/h1-21,23-24,33H,22H2. The zero-order valence-electron chi connectivity index (χ0n) is 24.9. The number of rotatable bonds is 1. The average Bonchev–Trinajstić information content (AvgIpc) is 3.11. The summed E-state index contributed by atoms with van der Waals surface area (Å²) in [7, 11) is 0. The number of anilines is 2. The highest BCUT2D eigenvalue weighted by atomic mass is 32.2. The Hall–Kier alpha value is -4.64. The van der Waals surface area contributed by atoms with Crippen LogP contribution in [0.15, 0.2) is 159 Å². The first-order chi connectivity index (χ1) is 22.8. The number of benzene rings is 7. The number of nitrogens with zero attached hydrogens (tertiary/aromatic N) is 1. The lowest BCUT2D eigenvalue weighted by atomic mass is 9.39. The maximum Gasteiger partial charge on any atom is 0.329 e. The molecule has 0 N–H and O–H groups in total. The molecule has 1 unspecified atom stereocenters. The smallest absolute Gasteiger partial charge is 0.329 e. The van der Waals surface area contributed by atoms with Crippen LogP contribution in [0.2, 0.25) is 0 Å². The zero-order valence-corrected chi connectivity index (χ0v) is 26.5. The Labute approximate surface area is 277 Å². The van der Waals surface area contributed by atoms with Gasteiger partial charge >= 0.3 is 6.85 Å². The average molecular weight is 620 g/mol. The molecule has 3 heterocycles. The Bertz CT molecular complexity index is 2430. The predicted octanol–water partition coefficient (Wildman–Crippen LogP) is 10.0. The molecule has 0 radical (unpaired) electrons. The summed E-state index contributed by atoms with van der Waals surface area (Å²) in [5.41, 5.74) is 15.5. The van der Waals surface area contributed by atoms with Crippen LogP contribution >= 0.6 is 23.5 Å². The van der Waals surface area contributed by atoms with E-state index in [1.165, 1.54) is 91.6 Å². The molecule has 1 aliphatic carbocycles. The fraction of sp³-hybridized carbons (Fsp3) is 0.0476. The predicted molar refractivity (Wildman–Crippen MR) is 195 cm³/mol. The molecule has 7 aromatic carbocycles. The first kappa shape index (κ1) is 25.5. The molecule has 0 spiro atoms. The van der Waals surface area contributed by atoms with Gasteiger partial charge in [0.05, 0.1) is 0 Å². The third-order valence-electron chi connectivity index (χ3n) is 10.5. The molecule has 0 bridgehead atoms. The Kier molecular flexibility index (Phi) is 5.25. The number of hydrogen-bond donors (Lipinski definition) is 0. The van der Waals surface area contributed by atoms with E-state index in [0.717, 1.165) is 6.42 Å². The van der Waals surface area contributed by atoms with Gasteiger partial charge in [0.25, 0.3) is 0 Å². The zero-order chi connectivity index (χ0) is 29.9. The molecule has 0 amide bonds. The molecule has 0 aromatic heterocycles. The maximum absolute atomic E-state index is 2.66. The highest BCUT2D eigenvalue weighted by Gasteiger charge is 2.47. The van der Waals surface area contributed by atoms with Crippen molar-refractivity contribution in [1.82, 2.24) is 0 Å². The number of fused-ring (bicyclic) bond motifs is 10. The normalized spacial score (nSPS) is 16.1. The van der Waals surface area contributed by atoms with Gasteiger partial charge in [-0.05, 0) is 104 Å². The van der Waals surface area contributed by atoms with E-state index in [0.29, 0.717) is 5.92 Å². The van der Waals surface area contributed by atoms with Crippen LogP contribution in [-0.2, 0) is 6.42 Å². The second kappa shape index (κ2) is 9.45. The van der Waals surface area contributed by atoms with Crippen molar-refractivity contribution in [3.8, 4) is 22.3 Å². The fourth-order valence-electron chi connectivity index (χ4n) is 8.68. The summed E-state index contributed by atoms with van der Waals surface area (Å²) in [6, 6.07) is 52.7. The second-order valence-corrected chi connectivity index (χ2v) is 14.9. The van der Waals surface area contributed by atoms with Crippen molar-refractivity contribution in [3.63, 3.8) is 0 Å². The van der Waals surface area contributed by atoms with E-state index in [2.05, 4.69) is 144 Å². The van der Waals surface area contributed by atoms with E-state index in [4.69, 9.17) is 0 Å². The van der Waals surface area contributed by atoms with Crippen LogP contribution in [0.5, 0.6) is 0 Å². The van der Waals surface area contributed by atoms with E-state index in [9.17, 15) is 0 Å². The van der Waals surface area contributed by atoms with E-state index in [1.54, 1.807) is 0 Å². The molecule has 1 atom stereocenters. The van der Waals surface area contributed by atoms with Crippen molar-refractivity contribution in [2.45, 2.75) is 31.9 Å². The molecule has 214 valence electrons. The third-order valence-corrected chi connectivity index (χ3v) is 13.0. The lowest BCUT2D eigenvalue weighted by Crippen LogP contribution is -2.62. The molecule has 0 saturated heterocycles. The maximum atomic E-state index is 2.66. The molecule has 11 rings (SSSR count). The van der Waals surface area contributed by atoms with Crippen molar-refractivity contribution < 1.29 is 0 Å². The second-order valence-electron chi connectivity index (χ2n) is 12.8. The quantitative estimate of drug-likeness (QED) is 0.168. The molecule has 1 nitrogen and oxygen atoms in total. The minimum absolute atomic E-state index is 0.0764. The van der Waals surface area contributed by atoms with Gasteiger partial charge in [-0.1, -0.05) is 121 Å². The van der Waals surface area contributed by atoms with Crippen LogP contribution in [0, 0.1) is 0 Å². The van der Waals surface area contributed by atoms with Crippen LogP contribution in [0.4, 0.5) is 11.4 Å². The summed E-state index contributed by atoms with van der Waals surface area (Å²) in [6.07, 6.45) is 1.03. The summed E-state index contributed by atoms with van der Waals surface area (Å²) in [5, 5.41) is 2.73. The summed E-state index contributed by atoms with van der Waals surface area (Å²) < 4.78 is 0. The first-order valence-corrected chi connectivity index (χ1v) is 17.7. The van der Waals surface area contributed by atoms with E-state index >= 15 is 0 Å². The van der Waals surface area contributed by atoms with Gasteiger partial charge in [0.2, 0.25) is 0 Å². The lowest BCUT2D eigenvalue weighted by Gasteiger charge is -2.47. The summed E-state index contributed by atoms with van der Waals surface area (Å²) in [5.74, 6) is 0.311. The van der Waals surface area contributed by atoms with Crippen LogP contribution in [0.3, 0.4) is 0 Å². The van der Waals surface area contributed by atoms with Gasteiger partial charge in [0.15, 0.2) is 0 Å². The Balaban J connectivity index is 1.28. The monoisotopic (exact) mass is 619 g/mol. The van der Waals surface area contributed by atoms with Gasteiger partial charge in [-0.15, -0.1) is 0 Å². The van der Waals surface area contributed by atoms with Gasteiger partial charge in [-0.2, -0.15) is 0 Å². The minimum atomic E-state index is 0.0764. The van der Waals surface area contributed by atoms with E-state index in [1.807, 2.05) is 23.5 Å². The van der Waals surface area contributed by atoms with E-state index in [-0.39, 0.29) is 6.85 Å². The third kappa shape index (κ3) is 3.41. The van der Waals surface area contributed by atoms with Gasteiger partial charge in [0.1, 0.15) is 0 Å². The summed E-state index contributed by atoms with van der Waals surface area (Å²) >= 11 is 3.82. The van der Waals surface area contributed by atoms with Crippen LogP contribution in [0.25, 0.3) is 33.0 Å². The highest BCUT2D eigenvalue weighted by molar-refractivity contribution is 8.05. The first-order valence-electron chi connectivity index (χ1n) is 16.1. The topological polar surface area (TPSA) is 3.24 Å². The lowest BCUT2D eigenvalue weighted by molar-refractivity contribution is 0.805. The molecule has 46 heavy (non-hydrogen) atoms. The van der Waals surface area contributed by atoms with Crippen molar-refractivity contribution in [2.75, 3.05) is 4.81 Å². The number of hydrogen-bond acceptors (Lipinski definition) is 3. The Morgan fingerprint density at radius 1 is 0.543 bits per heavy atom. The summed E-state index contributed by atoms with van der Waals surface area (Å²) in [4.78, 5) is 8.03. The minimum Gasteiger partial charge on any atom is -0.376 e. The Morgan fingerprint density at radius 2 is 1.26 bits per heavy atom. The molecule has 0 saturated carbocycles. The molecule has 4 aliphatic rings. The number of para-hydroxylation sites is 1. The van der Waals surface area contributed by atoms with Gasteiger partial charge < -0.3 is 4.81 Å². The van der Waals surface area contributed by atoms with Gasteiger partial charge in [-0.3, -0.25) is 0 Å². The molecule has 3 aliphatic heterocycles. The van der Waals surface area contributed by atoms with Crippen molar-refractivity contribution in [2.24, 2.45) is 0 Å². The van der Waals surface area contributed by atoms with Gasteiger partial charge in [-0.25, -0.2) is 0 Å². The van der Waals surface area contributed by atoms with Crippen LogP contribution in [-0.4, -0.2) is 6.85 Å². The fourth-order valence-corrected chi connectivity index (χ4v) is 10.9. The van der Waals surface area contributed by atoms with Crippen molar-refractivity contribution in [3.05, 3.63) is 156 Å². The molecular formula is C42H26BNS2.